The Hall–Kier alpha value is -0.0500. The Labute approximate surface area is 100 Å². The molecule has 15 heavy (non-hydrogen) atoms. The van der Waals surface area contributed by atoms with Gasteiger partial charge in [0.25, 0.3) is 0 Å². The molecule has 1 heterocycles. The smallest absolute Gasteiger partial charge is 0.0897 e. The molecular formula is C12H17ClOS. The first-order valence-electron chi connectivity index (χ1n) is 5.68. The Morgan fingerprint density at radius 1 is 1.47 bits per heavy atom. The molecule has 1 saturated carbocycles. The van der Waals surface area contributed by atoms with E-state index in [9.17, 15) is 5.11 Å². The van der Waals surface area contributed by atoms with Crippen molar-refractivity contribution in [1.29, 1.82) is 0 Å². The minimum absolute atomic E-state index is 0.349. The van der Waals surface area contributed by atoms with Crippen LogP contribution in [0.4, 0.5) is 0 Å². The molecule has 1 aromatic heterocycles. The lowest BCUT2D eigenvalue weighted by atomic mass is 9.99. The number of aliphatic hydroxyl groups excluding tert-OH is 1. The maximum absolute atomic E-state index is 9.98. The molecule has 0 saturated heterocycles. The van der Waals surface area contributed by atoms with Crippen LogP contribution in [0.2, 0.25) is 5.02 Å². The van der Waals surface area contributed by atoms with Crippen LogP contribution in [0.5, 0.6) is 0 Å². The Balaban J connectivity index is 1.81. The van der Waals surface area contributed by atoms with E-state index in [1.54, 1.807) is 11.3 Å². The van der Waals surface area contributed by atoms with Crippen molar-refractivity contribution in [3.05, 3.63) is 21.3 Å². The molecule has 2 rings (SSSR count). The third-order valence-electron chi connectivity index (χ3n) is 3.27. The number of aliphatic hydroxyl groups is 1. The van der Waals surface area contributed by atoms with Crippen LogP contribution in [0.1, 0.15) is 49.5 Å². The first-order valence-corrected chi connectivity index (χ1v) is 6.94. The van der Waals surface area contributed by atoms with Crippen molar-refractivity contribution in [2.24, 2.45) is 5.92 Å². The zero-order valence-corrected chi connectivity index (χ0v) is 10.4. The van der Waals surface area contributed by atoms with E-state index >= 15 is 0 Å². The lowest BCUT2D eigenvalue weighted by Crippen LogP contribution is -2.00. The van der Waals surface area contributed by atoms with E-state index < -0.39 is 0 Å². The molecule has 0 aliphatic heterocycles. The van der Waals surface area contributed by atoms with Gasteiger partial charge >= 0.3 is 0 Å². The number of halogens is 1. The van der Waals surface area contributed by atoms with E-state index in [1.165, 1.54) is 25.7 Å². The summed E-state index contributed by atoms with van der Waals surface area (Å²) >= 11 is 7.54. The van der Waals surface area contributed by atoms with Gasteiger partial charge in [-0.25, -0.2) is 0 Å². The average Bonchev–Trinajstić information content (AvgIpc) is 2.84. The Kier molecular flexibility index (Phi) is 4.06. The molecule has 3 heteroatoms. The number of hydrogen-bond acceptors (Lipinski definition) is 2. The molecule has 0 amide bonds. The van der Waals surface area contributed by atoms with E-state index in [2.05, 4.69) is 0 Å². The third-order valence-corrected chi connectivity index (χ3v) is 4.73. The van der Waals surface area contributed by atoms with Crippen LogP contribution in [0.15, 0.2) is 11.4 Å². The van der Waals surface area contributed by atoms with E-state index in [1.807, 2.05) is 11.4 Å². The van der Waals surface area contributed by atoms with Gasteiger partial charge < -0.3 is 5.11 Å². The average molecular weight is 245 g/mol. The van der Waals surface area contributed by atoms with Crippen molar-refractivity contribution in [3.63, 3.8) is 0 Å². The van der Waals surface area contributed by atoms with Gasteiger partial charge in [0, 0.05) is 0 Å². The minimum Gasteiger partial charge on any atom is -0.388 e. The lowest BCUT2D eigenvalue weighted by Gasteiger charge is -2.12. The summed E-state index contributed by atoms with van der Waals surface area (Å²) in [5, 5.41) is 12.6. The number of thiophene rings is 1. The highest BCUT2D eigenvalue weighted by molar-refractivity contribution is 7.10. The van der Waals surface area contributed by atoms with Gasteiger partial charge in [0.15, 0.2) is 0 Å². The number of hydrogen-bond donors (Lipinski definition) is 1. The van der Waals surface area contributed by atoms with Gasteiger partial charge in [-0.15, -0.1) is 11.3 Å². The van der Waals surface area contributed by atoms with Gasteiger partial charge in [-0.3, -0.25) is 0 Å². The van der Waals surface area contributed by atoms with Crippen LogP contribution in [0.3, 0.4) is 0 Å². The van der Waals surface area contributed by atoms with Crippen LogP contribution in [-0.2, 0) is 0 Å². The van der Waals surface area contributed by atoms with E-state index in [0.29, 0.717) is 0 Å². The first kappa shape index (κ1) is 11.4. The molecule has 1 atom stereocenters. The minimum atomic E-state index is -0.349. The molecule has 1 unspecified atom stereocenters. The molecule has 1 aliphatic carbocycles. The summed E-state index contributed by atoms with van der Waals surface area (Å²) in [6, 6.07) is 1.86. The summed E-state index contributed by atoms with van der Waals surface area (Å²) in [5.74, 6) is 0.846. The summed E-state index contributed by atoms with van der Waals surface area (Å²) in [6.07, 6.45) is 7.12. The molecule has 84 valence electrons. The second-order valence-corrected chi connectivity index (χ2v) is 5.73. The second-order valence-electron chi connectivity index (χ2n) is 4.38. The first-order chi connectivity index (χ1) is 7.27. The molecule has 1 N–H and O–H groups in total. The highest BCUT2D eigenvalue weighted by Crippen LogP contribution is 2.35. The summed E-state index contributed by atoms with van der Waals surface area (Å²) in [4.78, 5) is 0.940. The predicted molar refractivity (Wildman–Crippen MR) is 65.5 cm³/mol. The molecule has 0 spiro atoms. The van der Waals surface area contributed by atoms with Gasteiger partial charge in [-0.2, -0.15) is 0 Å². The molecule has 0 bridgehead atoms. The summed E-state index contributed by atoms with van der Waals surface area (Å²) in [7, 11) is 0. The number of rotatable bonds is 4. The van der Waals surface area contributed by atoms with Crippen molar-refractivity contribution in [2.45, 2.75) is 44.6 Å². The fourth-order valence-corrected chi connectivity index (χ4v) is 3.57. The SMILES string of the molecule is OC(CCC1CCCC1)c1sccc1Cl. The van der Waals surface area contributed by atoms with Gasteiger partial charge in [0.1, 0.15) is 0 Å². The van der Waals surface area contributed by atoms with Crippen LogP contribution in [0, 0.1) is 5.92 Å². The third kappa shape index (κ3) is 2.96. The molecule has 0 radical (unpaired) electrons. The van der Waals surface area contributed by atoms with Crippen molar-refractivity contribution in [3.8, 4) is 0 Å². The Morgan fingerprint density at radius 3 is 2.80 bits per heavy atom. The maximum atomic E-state index is 9.98. The molecule has 1 aliphatic rings. The molecule has 1 aromatic rings. The summed E-state index contributed by atoms with van der Waals surface area (Å²) in [6.45, 7) is 0. The van der Waals surface area contributed by atoms with Crippen molar-refractivity contribution in [2.75, 3.05) is 0 Å². The highest BCUT2D eigenvalue weighted by Gasteiger charge is 2.18. The highest BCUT2D eigenvalue weighted by atomic mass is 35.5. The van der Waals surface area contributed by atoms with Gasteiger partial charge in [0.2, 0.25) is 0 Å². The van der Waals surface area contributed by atoms with Crippen LogP contribution in [-0.4, -0.2) is 5.11 Å². The Bertz CT molecular complexity index is 304. The summed E-state index contributed by atoms with van der Waals surface area (Å²) in [5.41, 5.74) is 0. The van der Waals surface area contributed by atoms with Gasteiger partial charge in [0.05, 0.1) is 16.0 Å². The van der Waals surface area contributed by atoms with Crippen LogP contribution in [0.25, 0.3) is 0 Å². The maximum Gasteiger partial charge on any atom is 0.0897 e. The predicted octanol–water partition coefficient (Wildman–Crippen LogP) is 4.41. The van der Waals surface area contributed by atoms with Gasteiger partial charge in [-0.05, 0) is 30.2 Å². The lowest BCUT2D eigenvalue weighted by molar-refractivity contribution is 0.160. The monoisotopic (exact) mass is 244 g/mol. The van der Waals surface area contributed by atoms with Crippen molar-refractivity contribution < 1.29 is 5.11 Å². The largest absolute Gasteiger partial charge is 0.388 e. The normalized spacial score (nSPS) is 19.6. The molecule has 0 aromatic carbocycles. The fourth-order valence-electron chi connectivity index (χ4n) is 2.37. The fraction of sp³-hybridized carbons (Fsp3) is 0.667. The van der Waals surface area contributed by atoms with E-state index in [-0.39, 0.29) is 6.10 Å². The topological polar surface area (TPSA) is 20.2 Å². The zero-order chi connectivity index (χ0) is 10.7. The molecule has 1 nitrogen and oxygen atoms in total. The molecule has 1 fully saturated rings. The second kappa shape index (κ2) is 5.33. The molecular weight excluding hydrogens is 228 g/mol. The van der Waals surface area contributed by atoms with Crippen molar-refractivity contribution in [1.82, 2.24) is 0 Å². The quantitative estimate of drug-likeness (QED) is 0.832. The van der Waals surface area contributed by atoms with Gasteiger partial charge in [-0.1, -0.05) is 37.3 Å². The van der Waals surface area contributed by atoms with E-state index in [4.69, 9.17) is 11.6 Å². The standard InChI is InChI=1S/C12H17ClOS/c13-10-7-8-15-12(10)11(14)6-5-9-3-1-2-4-9/h7-9,11,14H,1-6H2. The summed E-state index contributed by atoms with van der Waals surface area (Å²) < 4.78 is 0. The van der Waals surface area contributed by atoms with Crippen LogP contribution < -0.4 is 0 Å². The van der Waals surface area contributed by atoms with Crippen molar-refractivity contribution >= 4 is 22.9 Å². The van der Waals surface area contributed by atoms with Crippen LogP contribution >= 0.6 is 22.9 Å². The zero-order valence-electron chi connectivity index (χ0n) is 8.79. The Morgan fingerprint density at radius 2 is 2.20 bits per heavy atom. The van der Waals surface area contributed by atoms with E-state index in [0.717, 1.165) is 28.7 Å².